The van der Waals surface area contributed by atoms with Crippen LogP contribution in [0.25, 0.3) is 0 Å². The highest BCUT2D eigenvalue weighted by Gasteiger charge is 2.26. The summed E-state index contributed by atoms with van der Waals surface area (Å²) in [6.07, 6.45) is -0.0348. The second-order valence-corrected chi connectivity index (χ2v) is 8.31. The van der Waals surface area contributed by atoms with Crippen LogP contribution >= 0.6 is 11.6 Å². The molecule has 2 N–H and O–H groups in total. The van der Waals surface area contributed by atoms with Gasteiger partial charge in [-0.15, -0.1) is 0 Å². The van der Waals surface area contributed by atoms with E-state index >= 15 is 0 Å². The summed E-state index contributed by atoms with van der Waals surface area (Å²) < 4.78 is 29.3. The molecule has 1 saturated heterocycles. The van der Waals surface area contributed by atoms with E-state index in [-0.39, 0.29) is 24.0 Å². The fourth-order valence-electron chi connectivity index (χ4n) is 2.42. The first kappa shape index (κ1) is 18.2. The number of carbonyl (C=O) groups is 1. The molecule has 0 aromatic heterocycles. The van der Waals surface area contributed by atoms with Crippen LogP contribution in [0, 0.1) is 0 Å². The minimum atomic E-state index is -3.42. The average Bonchev–Trinajstić information content (AvgIpc) is 2.49. The molecule has 1 aliphatic rings. The maximum absolute atomic E-state index is 11.8. The Hall–Kier alpha value is -1.15. The van der Waals surface area contributed by atoms with Crippen LogP contribution in [0.15, 0.2) is 24.3 Å². The number of rotatable bonds is 7. The lowest BCUT2D eigenvalue weighted by molar-refractivity contribution is -0.136. The van der Waals surface area contributed by atoms with Crippen LogP contribution in [0.3, 0.4) is 0 Å². The summed E-state index contributed by atoms with van der Waals surface area (Å²) in [5.74, 6) is -1.61. The van der Waals surface area contributed by atoms with E-state index in [9.17, 15) is 13.2 Å². The maximum Gasteiger partial charge on any atom is 0.304 e. The SMILES string of the molecule is O=C(O)CCS(=O)(=O)C[C@H]1CN[C@@H](Cc2ccc(Cl)cc2)CO1. The third-order valence-corrected chi connectivity index (χ3v) is 5.59. The van der Waals surface area contributed by atoms with Crippen LogP contribution in [-0.4, -0.2) is 56.3 Å². The normalized spacial score (nSPS) is 22.0. The predicted molar refractivity (Wildman–Crippen MR) is 87.6 cm³/mol. The van der Waals surface area contributed by atoms with Gasteiger partial charge < -0.3 is 15.2 Å². The molecule has 2 rings (SSSR count). The molecule has 0 amide bonds. The third-order valence-electron chi connectivity index (χ3n) is 3.63. The zero-order valence-electron chi connectivity index (χ0n) is 12.6. The van der Waals surface area contributed by atoms with Crippen LogP contribution in [0.5, 0.6) is 0 Å². The summed E-state index contributed by atoms with van der Waals surface area (Å²) in [6.45, 7) is 0.853. The first-order valence-electron chi connectivity index (χ1n) is 7.36. The Morgan fingerprint density at radius 1 is 1.35 bits per heavy atom. The lowest BCUT2D eigenvalue weighted by Gasteiger charge is -2.30. The van der Waals surface area contributed by atoms with Gasteiger partial charge in [-0.2, -0.15) is 0 Å². The van der Waals surface area contributed by atoms with Crippen molar-refractivity contribution in [1.29, 1.82) is 0 Å². The third kappa shape index (κ3) is 6.47. The van der Waals surface area contributed by atoms with Gasteiger partial charge in [0.1, 0.15) is 0 Å². The number of carboxylic acids is 1. The quantitative estimate of drug-likeness (QED) is 0.756. The highest BCUT2D eigenvalue weighted by atomic mass is 35.5. The lowest BCUT2D eigenvalue weighted by atomic mass is 10.1. The number of hydrogen-bond acceptors (Lipinski definition) is 5. The molecule has 23 heavy (non-hydrogen) atoms. The van der Waals surface area contributed by atoms with E-state index in [4.69, 9.17) is 21.4 Å². The average molecular weight is 362 g/mol. The van der Waals surface area contributed by atoms with Crippen LogP contribution in [0.2, 0.25) is 5.02 Å². The Labute approximate surface area is 140 Å². The first-order valence-corrected chi connectivity index (χ1v) is 9.55. The molecule has 1 aromatic carbocycles. The van der Waals surface area contributed by atoms with Crippen LogP contribution in [-0.2, 0) is 25.8 Å². The van der Waals surface area contributed by atoms with Crippen molar-refractivity contribution in [3.8, 4) is 0 Å². The molecule has 8 heteroatoms. The highest BCUT2D eigenvalue weighted by molar-refractivity contribution is 7.91. The maximum atomic E-state index is 11.8. The number of ether oxygens (including phenoxy) is 1. The van der Waals surface area contributed by atoms with E-state index in [1.54, 1.807) is 0 Å². The van der Waals surface area contributed by atoms with Crippen molar-refractivity contribution in [2.45, 2.75) is 25.0 Å². The largest absolute Gasteiger partial charge is 0.481 e. The second kappa shape index (κ2) is 8.10. The van der Waals surface area contributed by atoms with E-state index in [2.05, 4.69) is 5.32 Å². The molecule has 0 bridgehead atoms. The van der Waals surface area contributed by atoms with Gasteiger partial charge in [-0.1, -0.05) is 23.7 Å². The molecule has 1 aromatic rings. The van der Waals surface area contributed by atoms with Crippen molar-refractivity contribution in [2.75, 3.05) is 24.7 Å². The van der Waals surface area contributed by atoms with Gasteiger partial charge in [0.2, 0.25) is 0 Å². The van der Waals surface area contributed by atoms with Gasteiger partial charge in [0.05, 0.1) is 30.6 Å². The number of morpholine rings is 1. The molecular formula is C15H20ClNO5S. The van der Waals surface area contributed by atoms with Crippen molar-refractivity contribution >= 4 is 27.4 Å². The van der Waals surface area contributed by atoms with Gasteiger partial charge in [-0.3, -0.25) is 4.79 Å². The fraction of sp³-hybridized carbons (Fsp3) is 0.533. The zero-order valence-corrected chi connectivity index (χ0v) is 14.1. The smallest absolute Gasteiger partial charge is 0.304 e. The summed E-state index contributed by atoms with van der Waals surface area (Å²) in [5, 5.41) is 12.5. The molecule has 0 aliphatic carbocycles. The van der Waals surface area contributed by atoms with Gasteiger partial charge in [0, 0.05) is 17.6 Å². The molecule has 0 radical (unpaired) electrons. The molecule has 0 unspecified atom stereocenters. The van der Waals surface area contributed by atoms with E-state index < -0.39 is 21.9 Å². The minimum absolute atomic E-state index is 0.120. The number of benzene rings is 1. The number of carboxylic acid groups (broad SMARTS) is 1. The number of sulfone groups is 1. The molecule has 1 heterocycles. The van der Waals surface area contributed by atoms with Crippen molar-refractivity contribution < 1.29 is 23.1 Å². The van der Waals surface area contributed by atoms with Gasteiger partial charge in [0.25, 0.3) is 0 Å². The highest BCUT2D eigenvalue weighted by Crippen LogP contribution is 2.13. The first-order chi connectivity index (χ1) is 10.8. The number of halogens is 1. The molecule has 0 spiro atoms. The van der Waals surface area contributed by atoms with Gasteiger partial charge >= 0.3 is 5.97 Å². The molecule has 128 valence electrons. The van der Waals surface area contributed by atoms with E-state index in [1.807, 2.05) is 24.3 Å². The molecule has 6 nitrogen and oxygen atoms in total. The van der Waals surface area contributed by atoms with Gasteiger partial charge in [-0.05, 0) is 24.1 Å². The molecule has 2 atom stereocenters. The summed E-state index contributed by atoms with van der Waals surface area (Å²) in [7, 11) is -3.42. The minimum Gasteiger partial charge on any atom is -0.481 e. The van der Waals surface area contributed by atoms with E-state index in [0.717, 1.165) is 12.0 Å². The summed E-state index contributed by atoms with van der Waals surface area (Å²) in [6, 6.07) is 7.68. The summed E-state index contributed by atoms with van der Waals surface area (Å²) in [4.78, 5) is 10.5. The Kier molecular flexibility index (Phi) is 6.41. The molecule has 1 aliphatic heterocycles. The monoisotopic (exact) mass is 361 g/mol. The van der Waals surface area contributed by atoms with Crippen molar-refractivity contribution in [1.82, 2.24) is 5.32 Å². The zero-order chi connectivity index (χ0) is 16.9. The number of aliphatic carboxylic acids is 1. The van der Waals surface area contributed by atoms with E-state index in [1.165, 1.54) is 0 Å². The fourth-order valence-corrected chi connectivity index (χ4v) is 3.98. The molecule has 0 saturated carbocycles. The number of hydrogen-bond donors (Lipinski definition) is 2. The lowest BCUT2D eigenvalue weighted by Crippen LogP contribution is -2.49. The van der Waals surface area contributed by atoms with Crippen molar-refractivity contribution in [3.63, 3.8) is 0 Å². The second-order valence-electron chi connectivity index (χ2n) is 5.65. The van der Waals surface area contributed by atoms with Crippen molar-refractivity contribution in [2.24, 2.45) is 0 Å². The van der Waals surface area contributed by atoms with Gasteiger partial charge in [0.15, 0.2) is 9.84 Å². The van der Waals surface area contributed by atoms with Crippen LogP contribution in [0.4, 0.5) is 0 Å². The predicted octanol–water partition coefficient (Wildman–Crippen LogP) is 1.13. The molecular weight excluding hydrogens is 342 g/mol. The van der Waals surface area contributed by atoms with Crippen molar-refractivity contribution in [3.05, 3.63) is 34.9 Å². The van der Waals surface area contributed by atoms with Crippen LogP contribution in [0.1, 0.15) is 12.0 Å². The van der Waals surface area contributed by atoms with Gasteiger partial charge in [-0.25, -0.2) is 8.42 Å². The number of nitrogens with one attached hydrogen (secondary N) is 1. The standard InChI is InChI=1S/C15H20ClNO5S/c16-12-3-1-11(2-4-12)7-13-9-22-14(8-17-13)10-23(20,21)6-5-15(18)19/h1-4,13-14,17H,5-10H2,(H,18,19)/t13-,14+/m0/s1. The Balaban J connectivity index is 1.77. The Morgan fingerprint density at radius 2 is 2.04 bits per heavy atom. The summed E-state index contributed by atoms with van der Waals surface area (Å²) in [5.41, 5.74) is 1.13. The van der Waals surface area contributed by atoms with E-state index in [0.29, 0.717) is 18.2 Å². The van der Waals surface area contributed by atoms with Crippen LogP contribution < -0.4 is 5.32 Å². The topological polar surface area (TPSA) is 92.7 Å². The Morgan fingerprint density at radius 3 is 2.61 bits per heavy atom. The summed E-state index contributed by atoms with van der Waals surface area (Å²) >= 11 is 5.85. The Bertz CT molecular complexity index is 624. The molecule has 1 fully saturated rings.